The molecule has 0 aliphatic carbocycles. The first-order chi connectivity index (χ1) is 18.9. The quantitative estimate of drug-likeness (QED) is 0.230. The molecular weight excluding hydrogens is 498 g/mol. The summed E-state index contributed by atoms with van der Waals surface area (Å²) in [4.78, 5) is 27.7. The van der Waals surface area contributed by atoms with Crippen molar-refractivity contribution in [3.63, 3.8) is 0 Å². The third kappa shape index (κ3) is 5.80. The van der Waals surface area contributed by atoms with Crippen LogP contribution in [0.3, 0.4) is 0 Å². The van der Waals surface area contributed by atoms with E-state index in [9.17, 15) is 4.79 Å². The summed E-state index contributed by atoms with van der Waals surface area (Å²) in [6.07, 6.45) is 5.91. The Bertz CT molecular complexity index is 1580. The molecule has 3 heterocycles. The van der Waals surface area contributed by atoms with Gasteiger partial charge in [-0.1, -0.05) is 18.2 Å². The molecule has 5 aromatic rings. The number of aromatic nitrogens is 5. The zero-order chi connectivity index (χ0) is 27.4. The summed E-state index contributed by atoms with van der Waals surface area (Å²) in [6.45, 7) is 1.75. The van der Waals surface area contributed by atoms with Crippen LogP contribution in [-0.4, -0.2) is 63.3 Å². The summed E-state index contributed by atoms with van der Waals surface area (Å²) >= 11 is 0. The van der Waals surface area contributed by atoms with Gasteiger partial charge in [-0.05, 0) is 51.3 Å². The van der Waals surface area contributed by atoms with Crippen molar-refractivity contribution in [2.24, 2.45) is 5.73 Å². The van der Waals surface area contributed by atoms with Gasteiger partial charge in [-0.2, -0.15) is 10.1 Å². The maximum Gasteiger partial charge on any atom is 0.254 e. The number of rotatable bonds is 11. The Morgan fingerprint density at radius 3 is 2.72 bits per heavy atom. The van der Waals surface area contributed by atoms with Crippen LogP contribution in [0.4, 0.5) is 23.1 Å². The molecule has 5 rings (SSSR count). The predicted molar refractivity (Wildman–Crippen MR) is 149 cm³/mol. The number of methoxy groups -OCH3 is 1. The molecule has 12 nitrogen and oxygen atoms in total. The van der Waals surface area contributed by atoms with Gasteiger partial charge in [0.05, 0.1) is 30.2 Å². The number of amides is 1. The summed E-state index contributed by atoms with van der Waals surface area (Å²) < 4.78 is 13.5. The van der Waals surface area contributed by atoms with Crippen molar-refractivity contribution in [1.82, 2.24) is 29.6 Å². The number of carbonyl (C=O) groups excluding carboxylic acids is 1. The minimum Gasteiger partial charge on any atom is -0.494 e. The van der Waals surface area contributed by atoms with Crippen LogP contribution < -0.4 is 21.1 Å². The minimum atomic E-state index is -0.674. The number of hydrogen-bond acceptors (Lipinski definition) is 10. The molecule has 0 fully saturated rings. The second kappa shape index (κ2) is 11.2. The number of ether oxygens (including phenoxy) is 1. The number of oxazole rings is 1. The van der Waals surface area contributed by atoms with Crippen LogP contribution in [0, 0.1) is 0 Å². The number of primary amides is 1. The van der Waals surface area contributed by atoms with Gasteiger partial charge >= 0.3 is 0 Å². The average molecular weight is 528 g/mol. The van der Waals surface area contributed by atoms with Crippen molar-refractivity contribution in [3.8, 4) is 17.2 Å². The van der Waals surface area contributed by atoms with E-state index in [1.807, 2.05) is 61.4 Å². The van der Waals surface area contributed by atoms with Crippen LogP contribution in [0.2, 0.25) is 0 Å². The van der Waals surface area contributed by atoms with E-state index in [1.165, 1.54) is 6.20 Å². The lowest BCUT2D eigenvalue weighted by Crippen LogP contribution is -2.16. The van der Waals surface area contributed by atoms with E-state index in [4.69, 9.17) is 14.9 Å². The van der Waals surface area contributed by atoms with Gasteiger partial charge in [-0.3, -0.25) is 9.48 Å². The fourth-order valence-electron chi connectivity index (χ4n) is 4.08. The van der Waals surface area contributed by atoms with Gasteiger partial charge in [0.25, 0.3) is 5.91 Å². The average Bonchev–Trinajstić information content (AvgIpc) is 3.55. The highest BCUT2D eigenvalue weighted by atomic mass is 16.5. The molecule has 0 spiro atoms. The summed E-state index contributed by atoms with van der Waals surface area (Å²) in [7, 11) is 5.62. The molecule has 0 saturated carbocycles. The second-order valence-electron chi connectivity index (χ2n) is 9.09. The number of benzene rings is 2. The molecule has 0 radical (unpaired) electrons. The first-order valence-corrected chi connectivity index (χ1v) is 12.3. The molecule has 0 aliphatic heterocycles. The van der Waals surface area contributed by atoms with E-state index < -0.39 is 5.91 Å². The molecule has 3 aromatic heterocycles. The standard InChI is InChI=1S/C27H29N9O3/c1-35(2)12-7-13-36-16-17(14-30-36)31-27-29-15-19(24(28)37)25(34-27)32-21-10-6-8-18(23(21)38-3)26-33-20-9-4-5-11-22(20)39-26/h4-6,8-11,14-16H,7,12-13H2,1-3H3,(H2,28,37)(H2,29,31,32,34). The number of hydrogen-bond donors (Lipinski definition) is 3. The zero-order valence-corrected chi connectivity index (χ0v) is 21.9. The Balaban J connectivity index is 1.42. The molecule has 0 unspecified atom stereocenters. The molecule has 1 amide bonds. The van der Waals surface area contributed by atoms with E-state index in [1.54, 1.807) is 19.4 Å². The van der Waals surface area contributed by atoms with Crippen molar-refractivity contribution in [2.45, 2.75) is 13.0 Å². The van der Waals surface area contributed by atoms with Crippen molar-refractivity contribution >= 4 is 40.1 Å². The van der Waals surface area contributed by atoms with Gasteiger partial charge in [0.15, 0.2) is 11.3 Å². The number of nitrogens with one attached hydrogen (secondary N) is 2. The second-order valence-corrected chi connectivity index (χ2v) is 9.09. The lowest BCUT2D eigenvalue weighted by Gasteiger charge is -2.15. The number of para-hydroxylation sites is 3. The molecule has 0 bridgehead atoms. The SMILES string of the molecule is COc1c(Nc2nc(Nc3cnn(CCCN(C)C)c3)ncc2C(N)=O)cccc1-c1nc2ccccc2o1. The van der Waals surface area contributed by atoms with E-state index >= 15 is 0 Å². The van der Waals surface area contributed by atoms with Gasteiger partial charge in [-0.25, -0.2) is 9.97 Å². The summed E-state index contributed by atoms with van der Waals surface area (Å²) in [5.74, 6) is 0.675. The number of nitrogens with two attached hydrogens (primary N) is 1. The van der Waals surface area contributed by atoms with E-state index in [2.05, 4.69) is 35.6 Å². The lowest BCUT2D eigenvalue weighted by atomic mass is 10.1. The van der Waals surface area contributed by atoms with Crippen LogP contribution in [0.1, 0.15) is 16.8 Å². The van der Waals surface area contributed by atoms with Crippen LogP contribution in [-0.2, 0) is 6.54 Å². The summed E-state index contributed by atoms with van der Waals surface area (Å²) in [5.41, 5.74) is 9.03. The Morgan fingerprint density at radius 1 is 1.10 bits per heavy atom. The summed E-state index contributed by atoms with van der Waals surface area (Å²) in [6, 6.07) is 13.0. The molecule has 39 heavy (non-hydrogen) atoms. The van der Waals surface area contributed by atoms with Crippen LogP contribution in [0.25, 0.3) is 22.6 Å². The van der Waals surface area contributed by atoms with Gasteiger partial charge in [0.1, 0.15) is 16.9 Å². The fourth-order valence-corrected chi connectivity index (χ4v) is 4.08. The maximum absolute atomic E-state index is 12.2. The first-order valence-electron chi connectivity index (χ1n) is 12.3. The van der Waals surface area contributed by atoms with Crippen LogP contribution in [0.15, 0.2) is 65.5 Å². The van der Waals surface area contributed by atoms with E-state index in [0.717, 1.165) is 25.0 Å². The van der Waals surface area contributed by atoms with E-state index in [0.29, 0.717) is 34.2 Å². The fraction of sp³-hybridized carbons (Fsp3) is 0.222. The third-order valence-electron chi connectivity index (χ3n) is 5.93. The normalized spacial score (nSPS) is 11.2. The monoisotopic (exact) mass is 527 g/mol. The van der Waals surface area contributed by atoms with Crippen molar-refractivity contribution < 1.29 is 13.9 Å². The molecule has 0 atom stereocenters. The highest BCUT2D eigenvalue weighted by molar-refractivity contribution is 5.98. The van der Waals surface area contributed by atoms with Gasteiger partial charge < -0.3 is 30.4 Å². The topological polar surface area (TPSA) is 149 Å². The van der Waals surface area contributed by atoms with Gasteiger partial charge in [-0.15, -0.1) is 0 Å². The van der Waals surface area contributed by atoms with Crippen LogP contribution in [0.5, 0.6) is 5.75 Å². The van der Waals surface area contributed by atoms with Crippen LogP contribution >= 0.6 is 0 Å². The largest absolute Gasteiger partial charge is 0.494 e. The molecule has 2 aromatic carbocycles. The number of fused-ring (bicyclic) bond motifs is 1. The van der Waals surface area contributed by atoms with Gasteiger partial charge in [0, 0.05) is 18.9 Å². The van der Waals surface area contributed by atoms with Crippen molar-refractivity contribution in [3.05, 3.63) is 66.6 Å². The first kappa shape index (κ1) is 25.7. The smallest absolute Gasteiger partial charge is 0.254 e. The molecule has 0 saturated heterocycles. The highest BCUT2D eigenvalue weighted by Crippen LogP contribution is 2.38. The number of carbonyl (C=O) groups is 1. The van der Waals surface area contributed by atoms with Crippen molar-refractivity contribution in [1.29, 1.82) is 0 Å². The Kier molecular flexibility index (Phi) is 7.37. The van der Waals surface area contributed by atoms with Crippen molar-refractivity contribution in [2.75, 3.05) is 38.4 Å². The maximum atomic E-state index is 12.2. The molecule has 12 heteroatoms. The Morgan fingerprint density at radius 2 is 1.95 bits per heavy atom. The molecule has 4 N–H and O–H groups in total. The number of aryl methyl sites for hydroxylation is 1. The predicted octanol–water partition coefficient (Wildman–Crippen LogP) is 4.03. The summed E-state index contributed by atoms with van der Waals surface area (Å²) in [5, 5.41) is 10.7. The minimum absolute atomic E-state index is 0.120. The van der Waals surface area contributed by atoms with E-state index in [-0.39, 0.29) is 17.3 Å². The zero-order valence-electron chi connectivity index (χ0n) is 21.9. The lowest BCUT2D eigenvalue weighted by molar-refractivity contribution is 0.100. The third-order valence-corrected chi connectivity index (χ3v) is 5.93. The molecule has 0 aliphatic rings. The molecule has 200 valence electrons. The number of anilines is 4. The molecular formula is C27H29N9O3. The highest BCUT2D eigenvalue weighted by Gasteiger charge is 2.19. The Labute approximate surface area is 224 Å². The number of nitrogens with zero attached hydrogens (tertiary/aromatic N) is 6. The van der Waals surface area contributed by atoms with Gasteiger partial charge in [0.2, 0.25) is 11.8 Å². The Hall–Kier alpha value is -4.97.